The Bertz CT molecular complexity index is 538. The van der Waals surface area contributed by atoms with E-state index in [-0.39, 0.29) is 21.7 Å². The smallest absolute Gasteiger partial charge is 0.338 e. The van der Waals surface area contributed by atoms with Crippen molar-refractivity contribution in [2.45, 2.75) is 40.5 Å². The van der Waals surface area contributed by atoms with Crippen LogP contribution in [0.2, 0.25) is 0 Å². The molecule has 0 saturated heterocycles. The average molecular weight is 306 g/mol. The number of carbonyl (C=O) groups excluding carboxylic acids is 1. The summed E-state index contributed by atoms with van der Waals surface area (Å²) in [4.78, 5) is 12.1. The number of hydrogen-bond acceptors (Lipinski definition) is 5. The van der Waals surface area contributed by atoms with Gasteiger partial charge in [-0.25, -0.2) is 4.79 Å². The SMILES string of the molecule is C[C@@H]1CC[C@](C)(COC(=O)c2ccc(N([O-])O)cc2)C1(C)C. The molecule has 1 aromatic rings. The van der Waals surface area contributed by atoms with E-state index in [2.05, 4.69) is 27.7 Å². The van der Waals surface area contributed by atoms with Gasteiger partial charge >= 0.3 is 5.97 Å². The Balaban J connectivity index is 2.01. The van der Waals surface area contributed by atoms with Crippen LogP contribution in [0.4, 0.5) is 5.69 Å². The van der Waals surface area contributed by atoms with E-state index in [4.69, 9.17) is 9.94 Å². The Morgan fingerprint density at radius 3 is 2.41 bits per heavy atom. The average Bonchev–Trinajstić information content (AvgIpc) is 2.69. The molecule has 1 N–H and O–H groups in total. The predicted molar refractivity (Wildman–Crippen MR) is 84.6 cm³/mol. The van der Waals surface area contributed by atoms with Gasteiger partial charge < -0.3 is 15.2 Å². The first-order valence-corrected chi connectivity index (χ1v) is 7.61. The molecule has 0 unspecified atom stereocenters. The largest absolute Gasteiger partial charge is 0.733 e. The third-order valence-corrected chi connectivity index (χ3v) is 5.76. The summed E-state index contributed by atoms with van der Waals surface area (Å²) < 4.78 is 5.51. The van der Waals surface area contributed by atoms with Crippen molar-refractivity contribution in [2.24, 2.45) is 16.7 Å². The zero-order valence-electron chi connectivity index (χ0n) is 13.6. The van der Waals surface area contributed by atoms with Gasteiger partial charge in [-0.3, -0.25) is 5.21 Å². The standard InChI is InChI=1S/C17H24NO4/c1-12-9-10-17(4,16(12,2)3)11-22-15(19)13-5-7-14(8-6-13)18(20)21/h5-8,12,20H,9-11H2,1-4H3/q-1/t12-,17-/m1/s1. The van der Waals surface area contributed by atoms with Crippen molar-refractivity contribution < 1.29 is 14.7 Å². The van der Waals surface area contributed by atoms with Crippen molar-refractivity contribution in [3.05, 3.63) is 35.0 Å². The molecule has 0 aromatic heterocycles. The summed E-state index contributed by atoms with van der Waals surface area (Å²) >= 11 is 0. The fourth-order valence-corrected chi connectivity index (χ4v) is 3.10. The van der Waals surface area contributed by atoms with Crippen LogP contribution in [-0.4, -0.2) is 17.8 Å². The third-order valence-electron chi connectivity index (χ3n) is 5.76. The van der Waals surface area contributed by atoms with Crippen molar-refractivity contribution in [3.63, 3.8) is 0 Å². The van der Waals surface area contributed by atoms with Crippen LogP contribution in [0, 0.1) is 22.0 Å². The minimum Gasteiger partial charge on any atom is -0.733 e. The molecule has 1 saturated carbocycles. The minimum atomic E-state index is -0.404. The number of esters is 1. The van der Waals surface area contributed by atoms with E-state index in [1.165, 1.54) is 24.3 Å². The van der Waals surface area contributed by atoms with Crippen molar-refractivity contribution in [3.8, 4) is 0 Å². The van der Waals surface area contributed by atoms with Gasteiger partial charge in [0.2, 0.25) is 0 Å². The van der Waals surface area contributed by atoms with E-state index in [9.17, 15) is 10.0 Å². The molecule has 0 aliphatic heterocycles. The van der Waals surface area contributed by atoms with Crippen LogP contribution in [-0.2, 0) is 4.74 Å². The molecule has 2 atom stereocenters. The predicted octanol–water partition coefficient (Wildman–Crippen LogP) is 4.00. The first kappa shape index (κ1) is 16.8. The number of ether oxygens (including phenoxy) is 1. The highest BCUT2D eigenvalue weighted by Crippen LogP contribution is 2.55. The van der Waals surface area contributed by atoms with E-state index in [1.807, 2.05) is 0 Å². The molecule has 2 rings (SSSR count). The number of nitrogens with zero attached hydrogens (tertiary/aromatic N) is 1. The van der Waals surface area contributed by atoms with Gasteiger partial charge in [-0.05, 0) is 48.4 Å². The van der Waals surface area contributed by atoms with Crippen molar-refractivity contribution in [1.29, 1.82) is 0 Å². The van der Waals surface area contributed by atoms with Crippen LogP contribution in [0.5, 0.6) is 0 Å². The van der Waals surface area contributed by atoms with Crippen molar-refractivity contribution in [2.75, 3.05) is 11.8 Å². The number of carbonyl (C=O) groups is 1. The molecule has 122 valence electrons. The minimum absolute atomic E-state index is 0.0288. The quantitative estimate of drug-likeness (QED) is 0.672. The normalized spacial score (nSPS) is 26.7. The van der Waals surface area contributed by atoms with Gasteiger partial charge in [0.05, 0.1) is 17.9 Å². The Morgan fingerprint density at radius 2 is 1.95 bits per heavy atom. The lowest BCUT2D eigenvalue weighted by atomic mass is 9.66. The Labute approximate surface area is 131 Å². The molecule has 1 aliphatic rings. The third kappa shape index (κ3) is 2.96. The molecule has 0 heterocycles. The molecule has 1 fully saturated rings. The maximum Gasteiger partial charge on any atom is 0.338 e. The summed E-state index contributed by atoms with van der Waals surface area (Å²) in [5.74, 6) is 0.196. The second-order valence-electron chi connectivity index (χ2n) is 7.12. The van der Waals surface area contributed by atoms with Crippen molar-refractivity contribution in [1.82, 2.24) is 0 Å². The first-order chi connectivity index (χ1) is 10.2. The monoisotopic (exact) mass is 306 g/mol. The topological polar surface area (TPSA) is 72.8 Å². The number of benzene rings is 1. The summed E-state index contributed by atoms with van der Waals surface area (Å²) in [6.07, 6.45) is 2.19. The molecule has 22 heavy (non-hydrogen) atoms. The molecule has 0 radical (unpaired) electrons. The zero-order valence-corrected chi connectivity index (χ0v) is 13.6. The number of anilines is 1. The summed E-state index contributed by atoms with van der Waals surface area (Å²) in [5.41, 5.74) is 0.544. The summed E-state index contributed by atoms with van der Waals surface area (Å²) in [6, 6.07) is 5.72. The highest BCUT2D eigenvalue weighted by Gasteiger charge is 2.50. The molecular weight excluding hydrogens is 282 g/mol. The number of rotatable bonds is 4. The maximum atomic E-state index is 12.1. The van der Waals surface area contributed by atoms with Gasteiger partial charge in [-0.15, -0.1) is 0 Å². The first-order valence-electron chi connectivity index (χ1n) is 7.61. The second kappa shape index (κ2) is 5.89. The Hall–Kier alpha value is -1.59. The van der Waals surface area contributed by atoms with E-state index < -0.39 is 5.97 Å². The van der Waals surface area contributed by atoms with Crippen molar-refractivity contribution >= 4 is 11.7 Å². The van der Waals surface area contributed by atoms with Gasteiger partial charge in [0, 0.05) is 5.41 Å². The summed E-state index contributed by atoms with van der Waals surface area (Å²) in [6.45, 7) is 9.27. The molecule has 0 bridgehead atoms. The van der Waals surface area contributed by atoms with Gasteiger partial charge in [-0.1, -0.05) is 27.7 Å². The highest BCUT2D eigenvalue weighted by molar-refractivity contribution is 5.89. The van der Waals surface area contributed by atoms with Gasteiger partial charge in [0.1, 0.15) is 0 Å². The highest BCUT2D eigenvalue weighted by atomic mass is 16.8. The van der Waals surface area contributed by atoms with Crippen LogP contribution in [0.25, 0.3) is 0 Å². The molecule has 1 aliphatic carbocycles. The van der Waals surface area contributed by atoms with Crippen LogP contribution in [0.1, 0.15) is 50.9 Å². The molecule has 1 aromatic carbocycles. The van der Waals surface area contributed by atoms with Gasteiger partial charge in [-0.2, -0.15) is 0 Å². The summed E-state index contributed by atoms with van der Waals surface area (Å²) in [5, 5.41) is 19.3. The van der Waals surface area contributed by atoms with Crippen LogP contribution in [0.3, 0.4) is 0 Å². The van der Waals surface area contributed by atoms with E-state index in [0.717, 1.165) is 12.8 Å². The second-order valence-corrected chi connectivity index (χ2v) is 7.12. The summed E-state index contributed by atoms with van der Waals surface area (Å²) in [7, 11) is 0. The van der Waals surface area contributed by atoms with Gasteiger partial charge in [0.25, 0.3) is 0 Å². The lowest BCUT2D eigenvalue weighted by Gasteiger charge is -2.40. The van der Waals surface area contributed by atoms with Gasteiger partial charge in [0.15, 0.2) is 0 Å². The lowest BCUT2D eigenvalue weighted by Crippen LogP contribution is -2.37. The Kier molecular flexibility index (Phi) is 4.49. The number of hydrogen-bond donors (Lipinski definition) is 1. The fourth-order valence-electron chi connectivity index (χ4n) is 3.10. The van der Waals surface area contributed by atoms with Crippen LogP contribution in [0.15, 0.2) is 24.3 Å². The lowest BCUT2D eigenvalue weighted by molar-refractivity contribution is -0.00350. The van der Waals surface area contributed by atoms with E-state index >= 15 is 0 Å². The van der Waals surface area contributed by atoms with Crippen LogP contribution >= 0.6 is 0 Å². The molecular formula is C17H24NO4-. The Morgan fingerprint density at radius 1 is 1.36 bits per heavy atom. The van der Waals surface area contributed by atoms with Crippen LogP contribution < -0.4 is 5.23 Å². The molecule has 5 nitrogen and oxygen atoms in total. The maximum absolute atomic E-state index is 12.1. The fraction of sp³-hybridized carbons (Fsp3) is 0.588. The van der Waals surface area contributed by atoms with E-state index in [0.29, 0.717) is 18.1 Å². The zero-order chi connectivity index (χ0) is 16.5. The molecule has 0 amide bonds. The molecule has 5 heteroatoms. The van der Waals surface area contributed by atoms with E-state index in [1.54, 1.807) is 0 Å². The molecule has 0 spiro atoms.